The SMILES string of the molecule is CN=C(NCc1ccnc(OC2CCOCC2)c1)NC1CCOc2ccccc21.I. The van der Waals surface area contributed by atoms with Crippen LogP contribution >= 0.6 is 24.0 Å². The molecule has 2 aliphatic heterocycles. The molecule has 8 heteroatoms. The fourth-order valence-electron chi connectivity index (χ4n) is 3.63. The molecular weight excluding hydrogens is 495 g/mol. The van der Waals surface area contributed by atoms with E-state index in [0.717, 1.165) is 55.3 Å². The van der Waals surface area contributed by atoms with Gasteiger partial charge in [-0.2, -0.15) is 0 Å². The van der Waals surface area contributed by atoms with Gasteiger partial charge in [-0.05, 0) is 17.7 Å². The van der Waals surface area contributed by atoms with Gasteiger partial charge in [0.25, 0.3) is 0 Å². The van der Waals surface area contributed by atoms with Crippen molar-refractivity contribution in [1.29, 1.82) is 0 Å². The topological polar surface area (TPSA) is 77.0 Å². The summed E-state index contributed by atoms with van der Waals surface area (Å²) >= 11 is 0. The normalized spacial score (nSPS) is 19.1. The van der Waals surface area contributed by atoms with E-state index in [-0.39, 0.29) is 36.1 Å². The zero-order valence-corrected chi connectivity index (χ0v) is 19.5. The number of aliphatic imine (C=N–C) groups is 1. The van der Waals surface area contributed by atoms with Gasteiger partial charge in [0.15, 0.2) is 5.96 Å². The molecule has 1 unspecified atom stereocenters. The number of rotatable bonds is 5. The second-order valence-electron chi connectivity index (χ2n) is 7.23. The van der Waals surface area contributed by atoms with Gasteiger partial charge in [0.2, 0.25) is 5.88 Å². The van der Waals surface area contributed by atoms with Crippen molar-refractivity contribution in [2.24, 2.45) is 4.99 Å². The Bertz CT molecular complexity index is 843. The molecule has 2 aromatic rings. The van der Waals surface area contributed by atoms with E-state index in [0.29, 0.717) is 19.0 Å². The van der Waals surface area contributed by atoms with E-state index in [9.17, 15) is 0 Å². The largest absolute Gasteiger partial charge is 0.493 e. The average molecular weight is 524 g/mol. The molecule has 1 saturated heterocycles. The number of nitrogens with zero attached hydrogens (tertiary/aromatic N) is 2. The number of halogens is 1. The molecular formula is C22H29IN4O3. The number of fused-ring (bicyclic) bond motifs is 1. The summed E-state index contributed by atoms with van der Waals surface area (Å²) in [5.41, 5.74) is 2.26. The van der Waals surface area contributed by atoms with Crippen LogP contribution in [0.2, 0.25) is 0 Å². The number of hydrogen-bond donors (Lipinski definition) is 2. The van der Waals surface area contributed by atoms with Crippen LogP contribution < -0.4 is 20.1 Å². The third-order valence-corrected chi connectivity index (χ3v) is 5.21. The molecule has 0 spiro atoms. The van der Waals surface area contributed by atoms with Crippen molar-refractivity contribution in [3.05, 3.63) is 53.7 Å². The Labute approximate surface area is 194 Å². The number of pyridine rings is 1. The molecule has 1 aromatic heterocycles. The van der Waals surface area contributed by atoms with E-state index < -0.39 is 0 Å². The van der Waals surface area contributed by atoms with Gasteiger partial charge in [-0.25, -0.2) is 4.98 Å². The summed E-state index contributed by atoms with van der Waals surface area (Å²) in [6.07, 6.45) is 4.69. The summed E-state index contributed by atoms with van der Waals surface area (Å²) in [6.45, 7) is 2.84. The van der Waals surface area contributed by atoms with Crippen LogP contribution in [0.15, 0.2) is 47.6 Å². The van der Waals surface area contributed by atoms with Crippen LogP contribution in [-0.2, 0) is 11.3 Å². The van der Waals surface area contributed by atoms with Gasteiger partial charge in [0, 0.05) is 50.7 Å². The molecule has 0 radical (unpaired) electrons. The second-order valence-corrected chi connectivity index (χ2v) is 7.23. The van der Waals surface area contributed by atoms with Crippen LogP contribution in [0.4, 0.5) is 0 Å². The predicted molar refractivity (Wildman–Crippen MR) is 127 cm³/mol. The monoisotopic (exact) mass is 524 g/mol. The Morgan fingerprint density at radius 2 is 2.00 bits per heavy atom. The minimum atomic E-state index is 0. The van der Waals surface area contributed by atoms with Crippen LogP contribution in [0.25, 0.3) is 0 Å². The number of aromatic nitrogens is 1. The summed E-state index contributed by atoms with van der Waals surface area (Å²) in [5.74, 6) is 2.36. The van der Waals surface area contributed by atoms with Crippen molar-refractivity contribution in [2.45, 2.75) is 38.0 Å². The van der Waals surface area contributed by atoms with E-state index in [1.807, 2.05) is 30.3 Å². The first-order valence-electron chi connectivity index (χ1n) is 10.2. The molecule has 2 N–H and O–H groups in total. The molecule has 3 heterocycles. The average Bonchev–Trinajstić information content (AvgIpc) is 2.78. The fraction of sp³-hybridized carbons (Fsp3) is 0.455. The van der Waals surface area contributed by atoms with Crippen LogP contribution in [-0.4, -0.2) is 43.9 Å². The van der Waals surface area contributed by atoms with Crippen molar-refractivity contribution in [2.75, 3.05) is 26.9 Å². The Balaban J connectivity index is 0.00000256. The van der Waals surface area contributed by atoms with E-state index >= 15 is 0 Å². The highest BCUT2D eigenvalue weighted by Crippen LogP contribution is 2.31. The maximum atomic E-state index is 6.01. The third-order valence-electron chi connectivity index (χ3n) is 5.21. The molecule has 30 heavy (non-hydrogen) atoms. The molecule has 1 aromatic carbocycles. The summed E-state index contributed by atoms with van der Waals surface area (Å²) in [7, 11) is 1.78. The fourth-order valence-corrected chi connectivity index (χ4v) is 3.63. The number of guanidine groups is 1. The molecule has 1 fully saturated rings. The van der Waals surface area contributed by atoms with Crippen molar-refractivity contribution in [3.63, 3.8) is 0 Å². The van der Waals surface area contributed by atoms with Gasteiger partial charge >= 0.3 is 0 Å². The van der Waals surface area contributed by atoms with Gasteiger partial charge in [0.1, 0.15) is 11.9 Å². The molecule has 162 valence electrons. The highest BCUT2D eigenvalue weighted by molar-refractivity contribution is 14.0. The Morgan fingerprint density at radius 1 is 1.17 bits per heavy atom. The molecule has 0 saturated carbocycles. The Morgan fingerprint density at radius 3 is 2.83 bits per heavy atom. The van der Waals surface area contributed by atoms with Gasteiger partial charge in [-0.1, -0.05) is 18.2 Å². The molecule has 7 nitrogen and oxygen atoms in total. The standard InChI is InChI=1S/C22H28N4O3.HI/c1-23-22(26-19-9-13-28-20-5-3-2-4-18(19)20)25-15-16-6-10-24-21(14-16)29-17-7-11-27-12-8-17;/h2-6,10,14,17,19H,7-9,11-13,15H2,1H3,(H2,23,25,26);1H. The van der Waals surface area contributed by atoms with Gasteiger partial charge < -0.3 is 24.8 Å². The molecule has 0 aliphatic carbocycles. The number of benzene rings is 1. The molecule has 4 rings (SSSR count). The predicted octanol–water partition coefficient (Wildman–Crippen LogP) is 3.45. The number of para-hydroxylation sites is 1. The summed E-state index contributed by atoms with van der Waals surface area (Å²) in [5, 5.41) is 6.90. The van der Waals surface area contributed by atoms with Crippen molar-refractivity contribution >= 4 is 29.9 Å². The minimum Gasteiger partial charge on any atom is -0.493 e. The molecule has 0 amide bonds. The molecule has 2 aliphatic rings. The zero-order chi connectivity index (χ0) is 19.9. The van der Waals surface area contributed by atoms with E-state index in [1.165, 1.54) is 0 Å². The van der Waals surface area contributed by atoms with E-state index in [1.54, 1.807) is 13.2 Å². The summed E-state index contributed by atoms with van der Waals surface area (Å²) < 4.78 is 17.1. The Hall–Kier alpha value is -2.07. The quantitative estimate of drug-likeness (QED) is 0.355. The maximum Gasteiger partial charge on any atom is 0.213 e. The lowest BCUT2D eigenvalue weighted by Crippen LogP contribution is -2.40. The van der Waals surface area contributed by atoms with Crippen LogP contribution in [0, 0.1) is 0 Å². The number of hydrogen-bond acceptors (Lipinski definition) is 5. The van der Waals surface area contributed by atoms with Crippen LogP contribution in [0.1, 0.15) is 36.4 Å². The van der Waals surface area contributed by atoms with Crippen molar-refractivity contribution in [3.8, 4) is 11.6 Å². The van der Waals surface area contributed by atoms with E-state index in [2.05, 4.69) is 26.7 Å². The lowest BCUT2D eigenvalue weighted by molar-refractivity contribution is 0.0237. The number of ether oxygens (including phenoxy) is 3. The third kappa shape index (κ3) is 5.98. The highest BCUT2D eigenvalue weighted by Gasteiger charge is 2.22. The molecule has 0 bridgehead atoms. The molecule has 1 atom stereocenters. The lowest BCUT2D eigenvalue weighted by atomic mass is 10.0. The van der Waals surface area contributed by atoms with Gasteiger partial charge in [0.05, 0.1) is 25.9 Å². The first-order chi connectivity index (χ1) is 14.3. The smallest absolute Gasteiger partial charge is 0.213 e. The summed E-state index contributed by atoms with van der Waals surface area (Å²) in [4.78, 5) is 8.73. The first kappa shape index (κ1) is 22.6. The van der Waals surface area contributed by atoms with Crippen LogP contribution in [0.3, 0.4) is 0 Å². The summed E-state index contributed by atoms with van der Waals surface area (Å²) in [6, 6.07) is 12.3. The number of nitrogens with one attached hydrogen (secondary N) is 2. The zero-order valence-electron chi connectivity index (χ0n) is 17.2. The lowest BCUT2D eigenvalue weighted by Gasteiger charge is -2.28. The van der Waals surface area contributed by atoms with Crippen molar-refractivity contribution < 1.29 is 14.2 Å². The van der Waals surface area contributed by atoms with Gasteiger partial charge in [-0.15, -0.1) is 24.0 Å². The Kier molecular flexibility index (Phi) is 8.56. The van der Waals surface area contributed by atoms with Crippen LogP contribution in [0.5, 0.6) is 11.6 Å². The second kappa shape index (κ2) is 11.4. The van der Waals surface area contributed by atoms with Gasteiger partial charge in [-0.3, -0.25) is 4.99 Å². The van der Waals surface area contributed by atoms with Crippen molar-refractivity contribution in [1.82, 2.24) is 15.6 Å². The highest BCUT2D eigenvalue weighted by atomic mass is 127. The van der Waals surface area contributed by atoms with E-state index in [4.69, 9.17) is 14.2 Å². The first-order valence-corrected chi connectivity index (χ1v) is 10.2. The maximum absolute atomic E-state index is 6.01. The minimum absolute atomic E-state index is 0.